The molecule has 2 rings (SSSR count). The highest BCUT2D eigenvalue weighted by Crippen LogP contribution is 2.20. The second kappa shape index (κ2) is 13.3. The number of rotatable bonds is 12. The minimum Gasteiger partial charge on any atom is -0.354 e. The van der Waals surface area contributed by atoms with Crippen LogP contribution in [-0.2, 0) is 21.9 Å². The fourth-order valence-corrected chi connectivity index (χ4v) is 4.73. The molecule has 0 aliphatic heterocycles. The Balaban J connectivity index is 2.13. The molecule has 32 heavy (non-hydrogen) atoms. The highest BCUT2D eigenvalue weighted by Gasteiger charge is 2.28. The van der Waals surface area contributed by atoms with Crippen LogP contribution in [0.1, 0.15) is 60.9 Å². The van der Waals surface area contributed by atoms with Gasteiger partial charge in [-0.25, -0.2) is 0 Å². The summed E-state index contributed by atoms with van der Waals surface area (Å²) >= 11 is 1.61. The van der Waals surface area contributed by atoms with Gasteiger partial charge >= 0.3 is 0 Å². The van der Waals surface area contributed by atoms with E-state index >= 15 is 0 Å². The molecule has 1 N–H and O–H groups in total. The van der Waals surface area contributed by atoms with Crippen molar-refractivity contribution in [2.45, 2.75) is 72.2 Å². The first-order valence-corrected chi connectivity index (χ1v) is 12.8. The van der Waals surface area contributed by atoms with E-state index in [0.29, 0.717) is 25.3 Å². The van der Waals surface area contributed by atoms with Crippen molar-refractivity contribution >= 4 is 23.6 Å². The lowest BCUT2D eigenvalue weighted by atomic mass is 10.1. The van der Waals surface area contributed by atoms with Crippen LogP contribution in [0, 0.1) is 20.8 Å². The van der Waals surface area contributed by atoms with Gasteiger partial charge in [0, 0.05) is 18.8 Å². The highest BCUT2D eigenvalue weighted by molar-refractivity contribution is 7.99. The molecule has 0 aliphatic carbocycles. The lowest BCUT2D eigenvalue weighted by Crippen LogP contribution is -2.49. The highest BCUT2D eigenvalue weighted by atomic mass is 32.2. The molecular formula is C27H38N2O2S. The van der Waals surface area contributed by atoms with Crippen molar-refractivity contribution in [3.05, 3.63) is 70.3 Å². The van der Waals surface area contributed by atoms with Crippen molar-refractivity contribution in [1.82, 2.24) is 10.2 Å². The average molecular weight is 455 g/mol. The maximum atomic E-state index is 13.3. The molecule has 0 heterocycles. The third-order valence-corrected chi connectivity index (χ3v) is 6.58. The SMILES string of the molecule is CCCCNC(=O)[C@H](CC)N(Cc1ccccc1C)C(=O)CSCc1cc(C)cc(C)c1. The molecule has 2 aromatic rings. The number of hydrogen-bond donors (Lipinski definition) is 1. The lowest BCUT2D eigenvalue weighted by Gasteiger charge is -2.31. The molecule has 0 saturated heterocycles. The summed E-state index contributed by atoms with van der Waals surface area (Å²) in [7, 11) is 0. The summed E-state index contributed by atoms with van der Waals surface area (Å²) in [6, 6.07) is 14.1. The van der Waals surface area contributed by atoms with E-state index in [9.17, 15) is 9.59 Å². The number of unbranched alkanes of at least 4 members (excludes halogenated alkanes) is 1. The van der Waals surface area contributed by atoms with Crippen molar-refractivity contribution < 1.29 is 9.59 Å². The number of hydrogen-bond acceptors (Lipinski definition) is 3. The van der Waals surface area contributed by atoms with Crippen LogP contribution in [-0.4, -0.2) is 35.1 Å². The zero-order valence-corrected chi connectivity index (χ0v) is 21.1. The van der Waals surface area contributed by atoms with Crippen LogP contribution in [0.2, 0.25) is 0 Å². The molecule has 0 radical (unpaired) electrons. The van der Waals surface area contributed by atoms with Crippen LogP contribution in [0.4, 0.5) is 0 Å². The average Bonchev–Trinajstić information content (AvgIpc) is 2.74. The fraction of sp³-hybridized carbons (Fsp3) is 0.481. The Labute approximate surface area is 198 Å². The molecule has 2 aromatic carbocycles. The molecule has 0 saturated carbocycles. The van der Waals surface area contributed by atoms with E-state index in [1.807, 2.05) is 25.1 Å². The standard InChI is InChI=1S/C27H38N2O2S/c1-6-8-13-28-27(31)25(7-2)29(17-24-12-10-9-11-22(24)5)26(30)19-32-18-23-15-20(3)14-21(4)16-23/h9-12,14-16,25H,6-8,13,17-19H2,1-5H3,(H,28,31)/t25-/m0/s1. The van der Waals surface area contributed by atoms with Crippen molar-refractivity contribution in [2.75, 3.05) is 12.3 Å². The second-order valence-electron chi connectivity index (χ2n) is 8.51. The Morgan fingerprint density at radius 2 is 1.72 bits per heavy atom. The van der Waals surface area contributed by atoms with E-state index in [1.54, 1.807) is 16.7 Å². The quantitative estimate of drug-likeness (QED) is 0.427. The number of carbonyl (C=O) groups excluding carboxylic acids is 2. The fourth-order valence-electron chi connectivity index (χ4n) is 3.89. The van der Waals surface area contributed by atoms with Gasteiger partial charge in [0.25, 0.3) is 0 Å². The number of thioether (sulfide) groups is 1. The first kappa shape index (κ1) is 26.0. The maximum absolute atomic E-state index is 13.3. The summed E-state index contributed by atoms with van der Waals surface area (Å²) in [5.74, 6) is 1.10. The summed E-state index contributed by atoms with van der Waals surface area (Å²) in [4.78, 5) is 28.0. The van der Waals surface area contributed by atoms with E-state index in [2.05, 4.69) is 57.3 Å². The van der Waals surface area contributed by atoms with Crippen molar-refractivity contribution in [3.63, 3.8) is 0 Å². The Morgan fingerprint density at radius 1 is 1.03 bits per heavy atom. The molecule has 0 bridgehead atoms. The zero-order chi connectivity index (χ0) is 23.5. The molecule has 2 amide bonds. The molecule has 0 spiro atoms. The van der Waals surface area contributed by atoms with Gasteiger partial charge in [-0.1, -0.05) is 73.9 Å². The molecule has 4 nitrogen and oxygen atoms in total. The van der Waals surface area contributed by atoms with E-state index < -0.39 is 6.04 Å². The van der Waals surface area contributed by atoms with E-state index in [0.717, 1.165) is 29.7 Å². The largest absolute Gasteiger partial charge is 0.354 e. The number of amides is 2. The predicted octanol–water partition coefficient (Wildman–Crippen LogP) is 5.57. The minimum absolute atomic E-state index is 0.0140. The third kappa shape index (κ3) is 8.01. The van der Waals surface area contributed by atoms with Gasteiger partial charge in [0.1, 0.15) is 6.04 Å². The van der Waals surface area contributed by atoms with Crippen LogP contribution in [0.3, 0.4) is 0 Å². The van der Waals surface area contributed by atoms with Gasteiger partial charge in [-0.3, -0.25) is 9.59 Å². The summed E-state index contributed by atoms with van der Waals surface area (Å²) in [5, 5.41) is 3.03. The predicted molar refractivity (Wildman–Crippen MR) is 136 cm³/mol. The van der Waals surface area contributed by atoms with Gasteiger partial charge in [0.2, 0.25) is 11.8 Å². The van der Waals surface area contributed by atoms with Gasteiger partial charge < -0.3 is 10.2 Å². The first-order chi connectivity index (χ1) is 15.3. The third-order valence-electron chi connectivity index (χ3n) is 5.59. The summed E-state index contributed by atoms with van der Waals surface area (Å²) in [5.41, 5.74) is 5.93. The van der Waals surface area contributed by atoms with Crippen LogP contribution < -0.4 is 5.32 Å². The van der Waals surface area contributed by atoms with Crippen molar-refractivity contribution in [1.29, 1.82) is 0 Å². The van der Waals surface area contributed by atoms with Gasteiger partial charge in [0.05, 0.1) is 5.75 Å². The second-order valence-corrected chi connectivity index (χ2v) is 9.49. The topological polar surface area (TPSA) is 49.4 Å². The number of nitrogens with zero attached hydrogens (tertiary/aromatic N) is 1. The maximum Gasteiger partial charge on any atom is 0.242 e. The van der Waals surface area contributed by atoms with E-state index in [1.165, 1.54) is 16.7 Å². The van der Waals surface area contributed by atoms with Crippen LogP contribution >= 0.6 is 11.8 Å². The van der Waals surface area contributed by atoms with Crippen molar-refractivity contribution in [2.24, 2.45) is 0 Å². The van der Waals surface area contributed by atoms with Crippen molar-refractivity contribution in [3.8, 4) is 0 Å². The normalized spacial score (nSPS) is 11.8. The summed E-state index contributed by atoms with van der Waals surface area (Å²) in [6.07, 6.45) is 2.56. The van der Waals surface area contributed by atoms with Crippen LogP contribution in [0.5, 0.6) is 0 Å². The molecular weight excluding hydrogens is 416 g/mol. The minimum atomic E-state index is -0.458. The lowest BCUT2D eigenvalue weighted by molar-refractivity contribution is -0.139. The number of nitrogens with one attached hydrogen (secondary N) is 1. The van der Waals surface area contributed by atoms with Crippen LogP contribution in [0.15, 0.2) is 42.5 Å². The molecule has 0 aliphatic rings. The first-order valence-electron chi connectivity index (χ1n) is 11.6. The number of carbonyl (C=O) groups is 2. The molecule has 0 aromatic heterocycles. The zero-order valence-electron chi connectivity index (χ0n) is 20.2. The summed E-state index contributed by atoms with van der Waals surface area (Å²) < 4.78 is 0. The molecule has 0 fully saturated rings. The molecule has 5 heteroatoms. The molecule has 1 atom stereocenters. The number of aryl methyl sites for hydroxylation is 3. The Morgan fingerprint density at radius 3 is 2.34 bits per heavy atom. The van der Waals surface area contributed by atoms with Crippen LogP contribution in [0.25, 0.3) is 0 Å². The summed E-state index contributed by atoms with van der Waals surface area (Å²) in [6.45, 7) is 11.4. The van der Waals surface area contributed by atoms with Gasteiger partial charge in [0.15, 0.2) is 0 Å². The monoisotopic (exact) mass is 454 g/mol. The molecule has 174 valence electrons. The Kier molecular flexibility index (Phi) is 10.8. The van der Waals surface area contributed by atoms with E-state index in [-0.39, 0.29) is 11.8 Å². The van der Waals surface area contributed by atoms with E-state index in [4.69, 9.17) is 0 Å². The van der Waals surface area contributed by atoms with Gasteiger partial charge in [-0.2, -0.15) is 0 Å². The van der Waals surface area contributed by atoms with Gasteiger partial charge in [-0.05, 0) is 50.3 Å². The Bertz CT molecular complexity index is 877. The Hall–Kier alpha value is -2.27. The van der Waals surface area contributed by atoms with Gasteiger partial charge in [-0.15, -0.1) is 11.8 Å². The smallest absolute Gasteiger partial charge is 0.242 e. The number of benzene rings is 2. The molecule has 0 unspecified atom stereocenters.